The van der Waals surface area contributed by atoms with Gasteiger partial charge >= 0.3 is 5.97 Å². The van der Waals surface area contributed by atoms with E-state index < -0.39 is 0 Å². The zero-order chi connectivity index (χ0) is 21.0. The Labute approximate surface area is 178 Å². The molecule has 3 rings (SSSR count). The number of carbonyl (C=O) groups is 2. The minimum atomic E-state index is -0.380. The lowest BCUT2D eigenvalue weighted by molar-refractivity contribution is -0.113. The van der Waals surface area contributed by atoms with Crippen molar-refractivity contribution in [2.75, 3.05) is 31.8 Å². The average molecular weight is 439 g/mol. The molecule has 1 atom stereocenters. The minimum Gasteiger partial charge on any atom is -0.462 e. The molecule has 1 aliphatic carbocycles. The summed E-state index contributed by atoms with van der Waals surface area (Å²) in [6, 6.07) is 0.0461. The molecule has 0 spiro atoms. The number of ether oxygens (including phenoxy) is 1. The van der Waals surface area contributed by atoms with E-state index in [2.05, 4.69) is 15.5 Å². The monoisotopic (exact) mass is 438 g/mol. The van der Waals surface area contributed by atoms with Crippen LogP contribution >= 0.6 is 23.1 Å². The standard InChI is InChI=1S/C19H26N4O4S2/c1-5-13(23(3)4)16-21-22-19(27-16)29-10-14(24)20-17-15(18(25)26-6-2)12(9-28-17)11-7-8-11/h9,11,13H,5-8,10H2,1-4H3,(H,20,24). The van der Waals surface area contributed by atoms with Gasteiger partial charge in [-0.2, -0.15) is 0 Å². The second-order valence-electron chi connectivity index (χ2n) is 7.02. The van der Waals surface area contributed by atoms with Crippen LogP contribution in [-0.4, -0.2) is 53.4 Å². The van der Waals surface area contributed by atoms with Crippen LogP contribution < -0.4 is 5.32 Å². The number of anilines is 1. The summed E-state index contributed by atoms with van der Waals surface area (Å²) in [5.41, 5.74) is 1.47. The Morgan fingerprint density at radius 1 is 1.38 bits per heavy atom. The molecular formula is C19H26N4O4S2. The number of hydrogen-bond acceptors (Lipinski definition) is 9. The first-order valence-corrected chi connectivity index (χ1v) is 11.5. The van der Waals surface area contributed by atoms with Crippen molar-refractivity contribution in [3.8, 4) is 0 Å². The number of esters is 1. The van der Waals surface area contributed by atoms with Crippen molar-refractivity contribution in [3.05, 3.63) is 22.4 Å². The van der Waals surface area contributed by atoms with Gasteiger partial charge in [0.1, 0.15) is 5.00 Å². The number of nitrogens with zero attached hydrogens (tertiary/aromatic N) is 3. The summed E-state index contributed by atoms with van der Waals surface area (Å²) in [6.07, 6.45) is 2.98. The van der Waals surface area contributed by atoms with Gasteiger partial charge in [0.05, 0.1) is 24.0 Å². The molecule has 0 aromatic carbocycles. The fourth-order valence-electron chi connectivity index (χ4n) is 3.04. The Balaban J connectivity index is 1.62. The fourth-order valence-corrected chi connectivity index (χ4v) is 4.65. The van der Waals surface area contributed by atoms with Crippen molar-refractivity contribution >= 4 is 40.0 Å². The molecule has 2 aromatic rings. The van der Waals surface area contributed by atoms with E-state index in [0.29, 0.717) is 34.2 Å². The summed E-state index contributed by atoms with van der Waals surface area (Å²) >= 11 is 2.54. The molecule has 1 fully saturated rings. The van der Waals surface area contributed by atoms with Gasteiger partial charge in [-0.1, -0.05) is 18.7 Å². The molecule has 2 aromatic heterocycles. The molecular weight excluding hydrogens is 412 g/mol. The normalized spacial score (nSPS) is 14.8. The van der Waals surface area contributed by atoms with Crippen LogP contribution in [0.15, 0.2) is 15.0 Å². The third-order valence-electron chi connectivity index (χ3n) is 4.61. The van der Waals surface area contributed by atoms with Crippen LogP contribution in [0.4, 0.5) is 5.00 Å². The van der Waals surface area contributed by atoms with E-state index in [1.165, 1.54) is 23.1 Å². The lowest BCUT2D eigenvalue weighted by Crippen LogP contribution is -2.19. The van der Waals surface area contributed by atoms with Gasteiger partial charge in [0.2, 0.25) is 11.8 Å². The molecule has 29 heavy (non-hydrogen) atoms. The summed E-state index contributed by atoms with van der Waals surface area (Å²) in [5, 5.41) is 13.8. The molecule has 1 N–H and O–H groups in total. The second kappa shape index (κ2) is 9.73. The first-order valence-electron chi connectivity index (χ1n) is 9.65. The van der Waals surface area contributed by atoms with E-state index in [1.807, 2.05) is 31.3 Å². The van der Waals surface area contributed by atoms with Crippen molar-refractivity contribution < 1.29 is 18.7 Å². The Bertz CT molecular complexity index is 860. The number of rotatable bonds is 10. The molecule has 0 saturated heterocycles. The van der Waals surface area contributed by atoms with Gasteiger partial charge < -0.3 is 14.5 Å². The van der Waals surface area contributed by atoms with Crippen LogP contribution in [-0.2, 0) is 9.53 Å². The summed E-state index contributed by atoms with van der Waals surface area (Å²) in [6.45, 7) is 4.12. The third-order valence-corrected chi connectivity index (χ3v) is 6.35. The molecule has 1 amide bonds. The number of thioether (sulfide) groups is 1. The number of carbonyl (C=O) groups excluding carboxylic acids is 2. The summed E-state index contributed by atoms with van der Waals surface area (Å²) in [7, 11) is 3.91. The number of amides is 1. The minimum absolute atomic E-state index is 0.0461. The van der Waals surface area contributed by atoms with Gasteiger partial charge in [-0.15, -0.1) is 21.5 Å². The first kappa shape index (κ1) is 21.8. The highest BCUT2D eigenvalue weighted by Gasteiger charge is 2.32. The SMILES string of the molecule is CCOC(=O)c1c(C2CC2)csc1NC(=O)CSc1nnc(C(CC)N(C)C)o1. The van der Waals surface area contributed by atoms with Crippen LogP contribution in [0.1, 0.15) is 66.9 Å². The number of hydrogen-bond donors (Lipinski definition) is 1. The van der Waals surface area contributed by atoms with Gasteiger partial charge in [0, 0.05) is 0 Å². The third kappa shape index (κ3) is 5.37. The molecule has 1 saturated carbocycles. The predicted octanol–water partition coefficient (Wildman–Crippen LogP) is 3.93. The van der Waals surface area contributed by atoms with Crippen LogP contribution in [0.5, 0.6) is 0 Å². The zero-order valence-corrected chi connectivity index (χ0v) is 18.7. The molecule has 1 unspecified atom stereocenters. The Morgan fingerprint density at radius 2 is 2.14 bits per heavy atom. The van der Waals surface area contributed by atoms with Gasteiger partial charge in [0.25, 0.3) is 5.22 Å². The maximum atomic E-state index is 12.4. The zero-order valence-electron chi connectivity index (χ0n) is 17.1. The quantitative estimate of drug-likeness (QED) is 0.440. The first-order chi connectivity index (χ1) is 13.9. The maximum Gasteiger partial charge on any atom is 0.341 e. The maximum absolute atomic E-state index is 12.4. The lowest BCUT2D eigenvalue weighted by atomic mass is 10.1. The largest absolute Gasteiger partial charge is 0.462 e. The van der Waals surface area contributed by atoms with E-state index in [-0.39, 0.29) is 23.7 Å². The van der Waals surface area contributed by atoms with Gasteiger partial charge in [-0.25, -0.2) is 4.79 Å². The van der Waals surface area contributed by atoms with E-state index in [1.54, 1.807) is 6.92 Å². The van der Waals surface area contributed by atoms with Crippen LogP contribution in [0.25, 0.3) is 0 Å². The van der Waals surface area contributed by atoms with Crippen molar-refractivity contribution in [2.45, 2.75) is 50.3 Å². The van der Waals surface area contributed by atoms with E-state index in [4.69, 9.17) is 9.15 Å². The highest BCUT2D eigenvalue weighted by molar-refractivity contribution is 7.99. The molecule has 10 heteroatoms. The molecule has 158 valence electrons. The summed E-state index contributed by atoms with van der Waals surface area (Å²) < 4.78 is 10.9. The molecule has 2 heterocycles. The molecule has 0 bridgehead atoms. The Morgan fingerprint density at radius 3 is 2.76 bits per heavy atom. The number of aromatic nitrogens is 2. The predicted molar refractivity (Wildman–Crippen MR) is 113 cm³/mol. The Hall–Kier alpha value is -1.91. The van der Waals surface area contributed by atoms with Gasteiger partial charge in [-0.3, -0.25) is 9.69 Å². The highest BCUT2D eigenvalue weighted by atomic mass is 32.2. The second-order valence-corrected chi connectivity index (χ2v) is 8.83. The lowest BCUT2D eigenvalue weighted by Gasteiger charge is -2.18. The number of thiophene rings is 1. The van der Waals surface area contributed by atoms with Crippen LogP contribution in [0.2, 0.25) is 0 Å². The van der Waals surface area contributed by atoms with E-state index >= 15 is 0 Å². The van der Waals surface area contributed by atoms with Crippen molar-refractivity contribution in [3.63, 3.8) is 0 Å². The van der Waals surface area contributed by atoms with Gasteiger partial charge in [0.15, 0.2) is 0 Å². The molecule has 0 aliphatic heterocycles. The molecule has 8 nitrogen and oxygen atoms in total. The molecule has 0 radical (unpaired) electrons. The summed E-state index contributed by atoms with van der Waals surface area (Å²) in [5.74, 6) is 0.431. The van der Waals surface area contributed by atoms with Gasteiger partial charge in [-0.05, 0) is 57.1 Å². The topological polar surface area (TPSA) is 97.6 Å². The average Bonchev–Trinajstić information content (AvgIpc) is 3.27. The molecule has 1 aliphatic rings. The van der Waals surface area contributed by atoms with E-state index in [9.17, 15) is 9.59 Å². The fraction of sp³-hybridized carbons (Fsp3) is 0.579. The van der Waals surface area contributed by atoms with Crippen molar-refractivity contribution in [1.82, 2.24) is 15.1 Å². The Kier molecular flexibility index (Phi) is 7.31. The van der Waals surface area contributed by atoms with Crippen molar-refractivity contribution in [1.29, 1.82) is 0 Å². The number of nitrogens with one attached hydrogen (secondary N) is 1. The smallest absolute Gasteiger partial charge is 0.341 e. The van der Waals surface area contributed by atoms with Crippen molar-refractivity contribution in [2.24, 2.45) is 0 Å². The van der Waals surface area contributed by atoms with E-state index in [0.717, 1.165) is 24.8 Å². The summed E-state index contributed by atoms with van der Waals surface area (Å²) in [4.78, 5) is 26.8. The van der Waals surface area contributed by atoms with Crippen LogP contribution in [0, 0.1) is 0 Å². The van der Waals surface area contributed by atoms with Crippen LogP contribution in [0.3, 0.4) is 0 Å². The highest BCUT2D eigenvalue weighted by Crippen LogP contribution is 2.46.